The summed E-state index contributed by atoms with van der Waals surface area (Å²) in [5.41, 5.74) is 4.58. The van der Waals surface area contributed by atoms with Crippen molar-refractivity contribution in [3.63, 3.8) is 0 Å². The van der Waals surface area contributed by atoms with Gasteiger partial charge in [-0.25, -0.2) is 0 Å². The number of aromatic nitrogens is 1. The highest BCUT2D eigenvalue weighted by atomic mass is 16.5. The fraction of sp³-hybridized carbons (Fsp3) is 0.250. The first kappa shape index (κ1) is 15.6. The third-order valence-electron chi connectivity index (χ3n) is 4.40. The van der Waals surface area contributed by atoms with Gasteiger partial charge in [-0.1, -0.05) is 30.6 Å². The second-order valence-electron chi connectivity index (χ2n) is 5.97. The first-order valence-corrected chi connectivity index (χ1v) is 8.27. The summed E-state index contributed by atoms with van der Waals surface area (Å²) in [6.07, 6.45) is 3.73. The van der Waals surface area contributed by atoms with E-state index in [0.717, 1.165) is 35.3 Å². The van der Waals surface area contributed by atoms with Crippen LogP contribution in [0.5, 0.6) is 23.0 Å². The zero-order valence-electron chi connectivity index (χ0n) is 14.5. The van der Waals surface area contributed by atoms with Crippen LogP contribution < -0.4 is 14.2 Å². The summed E-state index contributed by atoms with van der Waals surface area (Å²) in [6, 6.07) is 9.95. The Balaban J connectivity index is 1.98. The van der Waals surface area contributed by atoms with Gasteiger partial charge in [0, 0.05) is 11.6 Å². The highest BCUT2D eigenvalue weighted by Gasteiger charge is 2.27. The Bertz CT molecular complexity index is 929. The van der Waals surface area contributed by atoms with E-state index in [4.69, 9.17) is 18.7 Å². The van der Waals surface area contributed by atoms with E-state index in [2.05, 4.69) is 30.3 Å². The van der Waals surface area contributed by atoms with Crippen molar-refractivity contribution in [3.05, 3.63) is 42.2 Å². The number of fused-ring (bicyclic) bond motifs is 5. The van der Waals surface area contributed by atoms with Crippen LogP contribution in [-0.2, 0) is 6.42 Å². The predicted octanol–water partition coefficient (Wildman–Crippen LogP) is 5.08. The second kappa shape index (κ2) is 6.16. The molecule has 0 spiro atoms. The third kappa shape index (κ3) is 2.52. The van der Waals surface area contributed by atoms with Gasteiger partial charge < -0.3 is 18.7 Å². The number of benzene rings is 2. The van der Waals surface area contributed by atoms with Crippen molar-refractivity contribution in [3.8, 4) is 45.4 Å². The Morgan fingerprint density at radius 2 is 1.88 bits per heavy atom. The monoisotopic (exact) mass is 337 g/mol. The lowest BCUT2D eigenvalue weighted by Gasteiger charge is -2.15. The molecular weight excluding hydrogens is 318 g/mol. The van der Waals surface area contributed by atoms with E-state index in [-0.39, 0.29) is 0 Å². The largest absolute Gasteiger partial charge is 0.497 e. The van der Waals surface area contributed by atoms with Crippen molar-refractivity contribution in [2.45, 2.75) is 19.8 Å². The average Bonchev–Trinajstić information content (AvgIpc) is 3.07. The van der Waals surface area contributed by atoms with Gasteiger partial charge >= 0.3 is 0 Å². The van der Waals surface area contributed by atoms with Crippen LogP contribution in [0.4, 0.5) is 0 Å². The molecule has 0 aliphatic carbocycles. The van der Waals surface area contributed by atoms with Gasteiger partial charge in [0.05, 0.1) is 25.3 Å². The van der Waals surface area contributed by atoms with Crippen LogP contribution in [0.2, 0.25) is 0 Å². The molecule has 5 nitrogen and oxygen atoms in total. The molecule has 3 aromatic rings. The van der Waals surface area contributed by atoms with E-state index >= 15 is 0 Å². The molecule has 4 rings (SSSR count). The molecule has 0 atom stereocenters. The fourth-order valence-corrected chi connectivity index (χ4v) is 3.18. The highest BCUT2D eigenvalue weighted by molar-refractivity contribution is 5.89. The molecule has 2 heterocycles. The van der Waals surface area contributed by atoms with Gasteiger partial charge in [-0.3, -0.25) is 0 Å². The fourth-order valence-electron chi connectivity index (χ4n) is 3.18. The maximum Gasteiger partial charge on any atom is 0.179 e. The molecule has 0 N–H and O–H groups in total. The molecular formula is C20H19NO4. The van der Waals surface area contributed by atoms with Crippen molar-refractivity contribution in [2.24, 2.45) is 0 Å². The Morgan fingerprint density at radius 1 is 1.00 bits per heavy atom. The number of rotatable bonds is 4. The van der Waals surface area contributed by atoms with Gasteiger partial charge in [0.25, 0.3) is 0 Å². The lowest BCUT2D eigenvalue weighted by atomic mass is 9.99. The van der Waals surface area contributed by atoms with Gasteiger partial charge in [0.1, 0.15) is 23.5 Å². The highest BCUT2D eigenvalue weighted by Crippen LogP contribution is 2.51. The molecule has 0 amide bonds. The Morgan fingerprint density at radius 3 is 2.64 bits per heavy atom. The van der Waals surface area contributed by atoms with Crippen LogP contribution in [0.1, 0.15) is 18.9 Å². The van der Waals surface area contributed by atoms with Crippen LogP contribution >= 0.6 is 0 Å². The molecule has 128 valence electrons. The van der Waals surface area contributed by atoms with Gasteiger partial charge in [-0.15, -0.1) is 0 Å². The maximum absolute atomic E-state index is 6.29. The summed E-state index contributed by atoms with van der Waals surface area (Å²) in [5, 5.41) is 4.20. The molecule has 0 saturated heterocycles. The summed E-state index contributed by atoms with van der Waals surface area (Å²) < 4.78 is 22.5. The molecule has 2 aromatic carbocycles. The van der Waals surface area contributed by atoms with Crippen molar-refractivity contribution < 1.29 is 18.7 Å². The van der Waals surface area contributed by atoms with Crippen molar-refractivity contribution >= 4 is 0 Å². The van der Waals surface area contributed by atoms with Crippen LogP contribution in [0, 0.1) is 0 Å². The number of aryl methyl sites for hydroxylation is 1. The zero-order valence-corrected chi connectivity index (χ0v) is 14.5. The quantitative estimate of drug-likeness (QED) is 0.519. The van der Waals surface area contributed by atoms with Crippen LogP contribution in [0.15, 0.2) is 41.1 Å². The van der Waals surface area contributed by atoms with Crippen molar-refractivity contribution in [2.75, 3.05) is 14.2 Å². The summed E-state index contributed by atoms with van der Waals surface area (Å²) in [7, 11) is 3.23. The molecule has 0 fully saturated rings. The first-order chi connectivity index (χ1) is 12.2. The molecule has 0 saturated carbocycles. The number of ether oxygens (including phenoxy) is 3. The minimum atomic E-state index is 0.594. The van der Waals surface area contributed by atoms with Gasteiger partial charge in [0.15, 0.2) is 11.5 Å². The minimum absolute atomic E-state index is 0.594. The van der Waals surface area contributed by atoms with Crippen LogP contribution in [0.25, 0.3) is 22.4 Å². The zero-order chi connectivity index (χ0) is 17.4. The topological polar surface area (TPSA) is 53.7 Å². The Labute approximate surface area is 146 Å². The molecule has 0 unspecified atom stereocenters. The third-order valence-corrected chi connectivity index (χ3v) is 4.40. The molecule has 1 aliphatic heterocycles. The number of methoxy groups -OCH3 is 2. The van der Waals surface area contributed by atoms with Crippen LogP contribution in [0.3, 0.4) is 0 Å². The molecule has 25 heavy (non-hydrogen) atoms. The smallest absolute Gasteiger partial charge is 0.179 e. The van der Waals surface area contributed by atoms with Gasteiger partial charge in [0.2, 0.25) is 0 Å². The second-order valence-corrected chi connectivity index (χ2v) is 5.97. The predicted molar refractivity (Wildman–Crippen MR) is 94.5 cm³/mol. The lowest BCUT2D eigenvalue weighted by Crippen LogP contribution is -1.95. The molecule has 5 heteroatoms. The van der Waals surface area contributed by atoms with E-state index in [1.807, 2.05) is 6.07 Å². The van der Waals surface area contributed by atoms with Gasteiger partial charge in [-0.2, -0.15) is 0 Å². The maximum atomic E-state index is 6.29. The number of hydrogen-bond acceptors (Lipinski definition) is 5. The minimum Gasteiger partial charge on any atom is -0.497 e. The molecule has 0 radical (unpaired) electrons. The standard InChI is InChI=1S/C20H19NO4/c1-4-5-12-6-7-14-16-11-24-21-19(16)15-9-13(22-2)10-18(23-3)20(15)25-17(14)8-12/h6-11H,4-5H2,1-3H3. The van der Waals surface area contributed by atoms with E-state index in [1.54, 1.807) is 26.5 Å². The van der Waals surface area contributed by atoms with E-state index in [0.29, 0.717) is 22.9 Å². The number of nitrogens with zero attached hydrogens (tertiary/aromatic N) is 1. The molecule has 0 bridgehead atoms. The van der Waals surface area contributed by atoms with E-state index in [1.165, 1.54) is 5.56 Å². The summed E-state index contributed by atoms with van der Waals surface area (Å²) in [5.74, 6) is 2.66. The average molecular weight is 337 g/mol. The van der Waals surface area contributed by atoms with E-state index < -0.39 is 0 Å². The Kier molecular flexibility index (Phi) is 3.84. The first-order valence-electron chi connectivity index (χ1n) is 8.27. The summed E-state index contributed by atoms with van der Waals surface area (Å²) >= 11 is 0. The normalized spacial score (nSPS) is 11.6. The van der Waals surface area contributed by atoms with E-state index in [9.17, 15) is 0 Å². The van der Waals surface area contributed by atoms with Crippen molar-refractivity contribution in [1.82, 2.24) is 5.16 Å². The Hall–Kier alpha value is -2.95. The van der Waals surface area contributed by atoms with Crippen molar-refractivity contribution in [1.29, 1.82) is 0 Å². The summed E-state index contributed by atoms with van der Waals surface area (Å²) in [4.78, 5) is 0. The molecule has 1 aliphatic rings. The van der Waals surface area contributed by atoms with Crippen LogP contribution in [-0.4, -0.2) is 19.4 Å². The SMILES string of the molecule is CCCc1ccc2c(c1)Oc1c(OC)cc(OC)cc1-c1nocc1-2. The lowest BCUT2D eigenvalue weighted by molar-refractivity contribution is 0.369. The molecule has 1 aromatic heterocycles. The number of hydrogen-bond donors (Lipinski definition) is 0. The van der Waals surface area contributed by atoms with Gasteiger partial charge in [-0.05, 0) is 24.1 Å². The summed E-state index contributed by atoms with van der Waals surface area (Å²) in [6.45, 7) is 2.16.